The van der Waals surface area contributed by atoms with Gasteiger partial charge in [-0.1, -0.05) is 12.1 Å². The smallest absolute Gasteiger partial charge is 0.191 e. The van der Waals surface area contributed by atoms with Crippen molar-refractivity contribution in [3.63, 3.8) is 0 Å². The van der Waals surface area contributed by atoms with Gasteiger partial charge in [-0.15, -0.1) is 0 Å². The number of halogens is 1. The number of aliphatic imine (C=N–C) groups is 1. The third kappa shape index (κ3) is 6.96. The van der Waals surface area contributed by atoms with Crippen molar-refractivity contribution in [3.05, 3.63) is 60.2 Å². The molecule has 162 valence electrons. The average Bonchev–Trinajstić information content (AvgIpc) is 2.79. The highest BCUT2D eigenvalue weighted by atomic mass is 19.1. The maximum atomic E-state index is 13.4. The van der Waals surface area contributed by atoms with Crippen molar-refractivity contribution in [1.29, 1.82) is 0 Å². The Balaban J connectivity index is 1.60. The summed E-state index contributed by atoms with van der Waals surface area (Å²) in [4.78, 5) is 11.2. The van der Waals surface area contributed by atoms with Gasteiger partial charge in [-0.05, 0) is 36.8 Å². The Morgan fingerprint density at radius 1 is 1.23 bits per heavy atom. The number of ether oxygens (including phenoxy) is 2. The van der Waals surface area contributed by atoms with Gasteiger partial charge in [-0.25, -0.2) is 4.39 Å². The number of morpholine rings is 1. The molecule has 2 N–H and O–H groups in total. The molecular formula is C22H30FN5O2. The molecule has 0 amide bonds. The Bertz CT molecular complexity index is 767. The van der Waals surface area contributed by atoms with Gasteiger partial charge in [-0.2, -0.15) is 0 Å². The minimum Gasteiger partial charge on any atom is -0.490 e. The van der Waals surface area contributed by atoms with E-state index in [1.54, 1.807) is 12.4 Å². The summed E-state index contributed by atoms with van der Waals surface area (Å²) in [7, 11) is 0. The third-order valence-electron chi connectivity index (χ3n) is 4.81. The van der Waals surface area contributed by atoms with Crippen LogP contribution in [0.2, 0.25) is 0 Å². The second-order valence-electron chi connectivity index (χ2n) is 6.90. The number of nitrogens with one attached hydrogen (secondary N) is 2. The summed E-state index contributed by atoms with van der Waals surface area (Å²) < 4.78 is 24.6. The average molecular weight is 416 g/mol. The number of guanidine groups is 1. The summed E-state index contributed by atoms with van der Waals surface area (Å²) in [6.45, 7) is 7.53. The van der Waals surface area contributed by atoms with E-state index in [1.807, 2.05) is 31.2 Å². The van der Waals surface area contributed by atoms with Crippen molar-refractivity contribution < 1.29 is 13.9 Å². The molecule has 0 radical (unpaired) electrons. The molecule has 1 fully saturated rings. The van der Waals surface area contributed by atoms with Crippen LogP contribution in [0.15, 0.2) is 53.8 Å². The first kappa shape index (κ1) is 22.0. The van der Waals surface area contributed by atoms with Crippen LogP contribution in [-0.4, -0.2) is 68.4 Å². The van der Waals surface area contributed by atoms with Crippen molar-refractivity contribution in [3.8, 4) is 5.75 Å². The number of hydrogen-bond acceptors (Lipinski definition) is 5. The summed E-state index contributed by atoms with van der Waals surface area (Å²) in [5.41, 5.74) is 1.05. The lowest BCUT2D eigenvalue weighted by molar-refractivity contribution is 0.0179. The number of pyridine rings is 1. The van der Waals surface area contributed by atoms with E-state index in [4.69, 9.17) is 14.5 Å². The van der Waals surface area contributed by atoms with E-state index in [0.29, 0.717) is 32.9 Å². The van der Waals surface area contributed by atoms with E-state index < -0.39 is 0 Å². The zero-order valence-corrected chi connectivity index (χ0v) is 17.4. The van der Waals surface area contributed by atoms with Gasteiger partial charge in [0.25, 0.3) is 0 Å². The lowest BCUT2D eigenvalue weighted by Crippen LogP contribution is -2.42. The predicted molar refractivity (Wildman–Crippen MR) is 115 cm³/mol. The zero-order valence-electron chi connectivity index (χ0n) is 17.4. The molecule has 1 aliphatic heterocycles. The van der Waals surface area contributed by atoms with Crippen molar-refractivity contribution >= 4 is 5.96 Å². The molecule has 8 heteroatoms. The monoisotopic (exact) mass is 415 g/mol. The molecule has 1 unspecified atom stereocenters. The molecule has 1 atom stereocenters. The van der Waals surface area contributed by atoms with Gasteiger partial charge in [-0.3, -0.25) is 14.9 Å². The SMILES string of the molecule is CCNC(=NCC(c1ccc(F)cc1)N1CCOCC1)NCCOc1cccnc1. The highest BCUT2D eigenvalue weighted by Crippen LogP contribution is 2.22. The second kappa shape index (κ2) is 12.1. The molecule has 0 spiro atoms. The van der Waals surface area contributed by atoms with Gasteiger partial charge in [0, 0.05) is 25.8 Å². The Labute approximate surface area is 177 Å². The van der Waals surface area contributed by atoms with Crippen LogP contribution in [0, 0.1) is 5.82 Å². The van der Waals surface area contributed by atoms with Crippen LogP contribution in [0.5, 0.6) is 5.75 Å². The summed E-state index contributed by atoms with van der Waals surface area (Å²) in [6, 6.07) is 10.5. The number of hydrogen-bond donors (Lipinski definition) is 2. The number of aromatic nitrogens is 1. The van der Waals surface area contributed by atoms with Crippen molar-refractivity contribution in [2.75, 3.05) is 52.5 Å². The van der Waals surface area contributed by atoms with Gasteiger partial charge in [0.1, 0.15) is 18.2 Å². The summed E-state index contributed by atoms with van der Waals surface area (Å²) in [5, 5.41) is 6.57. The van der Waals surface area contributed by atoms with Crippen molar-refractivity contribution in [2.45, 2.75) is 13.0 Å². The fourth-order valence-electron chi connectivity index (χ4n) is 3.30. The first-order chi connectivity index (χ1) is 14.8. The number of benzene rings is 1. The van der Waals surface area contributed by atoms with Crippen LogP contribution in [0.1, 0.15) is 18.5 Å². The van der Waals surface area contributed by atoms with Crippen molar-refractivity contribution in [2.24, 2.45) is 4.99 Å². The maximum absolute atomic E-state index is 13.4. The van der Waals surface area contributed by atoms with Crippen LogP contribution < -0.4 is 15.4 Å². The molecule has 0 aliphatic carbocycles. The van der Waals surface area contributed by atoms with E-state index in [9.17, 15) is 4.39 Å². The van der Waals surface area contributed by atoms with E-state index in [1.165, 1.54) is 12.1 Å². The minimum atomic E-state index is -0.230. The first-order valence-corrected chi connectivity index (χ1v) is 10.4. The summed E-state index contributed by atoms with van der Waals surface area (Å²) in [6.07, 6.45) is 3.40. The molecule has 0 bridgehead atoms. The van der Waals surface area contributed by atoms with Crippen LogP contribution >= 0.6 is 0 Å². The van der Waals surface area contributed by atoms with Gasteiger partial charge >= 0.3 is 0 Å². The standard InChI is InChI=1S/C22H30FN5O2/c1-2-25-22(26-10-13-30-20-4-3-9-24-16-20)27-17-21(28-11-14-29-15-12-28)18-5-7-19(23)8-6-18/h3-9,16,21H,2,10-15,17H2,1H3,(H2,25,26,27). The second-order valence-corrected chi connectivity index (χ2v) is 6.90. The van der Waals surface area contributed by atoms with Crippen LogP contribution in [0.3, 0.4) is 0 Å². The normalized spacial score (nSPS) is 16.1. The molecule has 3 rings (SSSR count). The Hall–Kier alpha value is -2.71. The van der Waals surface area contributed by atoms with Crippen LogP contribution in [0.4, 0.5) is 4.39 Å². The Morgan fingerprint density at radius 2 is 2.03 bits per heavy atom. The zero-order chi connectivity index (χ0) is 21.0. The van der Waals surface area contributed by atoms with E-state index >= 15 is 0 Å². The molecule has 1 aliphatic rings. The molecule has 30 heavy (non-hydrogen) atoms. The molecule has 1 aromatic carbocycles. The van der Waals surface area contributed by atoms with Gasteiger partial charge in [0.05, 0.1) is 38.5 Å². The molecular weight excluding hydrogens is 385 g/mol. The van der Waals surface area contributed by atoms with Crippen LogP contribution in [-0.2, 0) is 4.74 Å². The molecule has 2 aromatic rings. The molecule has 1 aromatic heterocycles. The molecule has 7 nitrogen and oxygen atoms in total. The first-order valence-electron chi connectivity index (χ1n) is 10.4. The van der Waals surface area contributed by atoms with E-state index in [2.05, 4.69) is 20.5 Å². The number of nitrogens with zero attached hydrogens (tertiary/aromatic N) is 3. The largest absolute Gasteiger partial charge is 0.490 e. The quantitative estimate of drug-likeness (QED) is 0.372. The lowest BCUT2D eigenvalue weighted by Gasteiger charge is -2.34. The van der Waals surface area contributed by atoms with E-state index in [0.717, 1.165) is 36.9 Å². The highest BCUT2D eigenvalue weighted by molar-refractivity contribution is 5.79. The predicted octanol–water partition coefficient (Wildman–Crippen LogP) is 2.23. The lowest BCUT2D eigenvalue weighted by atomic mass is 10.0. The summed E-state index contributed by atoms with van der Waals surface area (Å²) in [5.74, 6) is 1.24. The van der Waals surface area contributed by atoms with Gasteiger partial charge < -0.3 is 20.1 Å². The fourth-order valence-corrected chi connectivity index (χ4v) is 3.30. The minimum absolute atomic E-state index is 0.0663. The van der Waals surface area contributed by atoms with Crippen LogP contribution in [0.25, 0.3) is 0 Å². The van der Waals surface area contributed by atoms with E-state index in [-0.39, 0.29) is 11.9 Å². The topological polar surface area (TPSA) is 71.0 Å². The molecule has 0 saturated carbocycles. The Kier molecular flexibility index (Phi) is 8.86. The summed E-state index contributed by atoms with van der Waals surface area (Å²) >= 11 is 0. The highest BCUT2D eigenvalue weighted by Gasteiger charge is 2.22. The third-order valence-corrected chi connectivity index (χ3v) is 4.81. The van der Waals surface area contributed by atoms with Crippen molar-refractivity contribution in [1.82, 2.24) is 20.5 Å². The fraction of sp³-hybridized carbons (Fsp3) is 0.455. The maximum Gasteiger partial charge on any atom is 0.191 e. The van der Waals surface area contributed by atoms with Gasteiger partial charge in [0.2, 0.25) is 0 Å². The molecule has 1 saturated heterocycles. The Morgan fingerprint density at radius 3 is 2.73 bits per heavy atom. The number of rotatable bonds is 9. The molecule has 2 heterocycles. The van der Waals surface area contributed by atoms with Gasteiger partial charge in [0.15, 0.2) is 5.96 Å².